The van der Waals surface area contributed by atoms with E-state index < -0.39 is 27.1 Å². The Bertz CT molecular complexity index is 537. The third kappa shape index (κ3) is 2.19. The highest BCUT2D eigenvalue weighted by Crippen LogP contribution is 2.26. The van der Waals surface area contributed by atoms with Gasteiger partial charge in [-0.25, -0.2) is 8.42 Å². The molecule has 0 aliphatic carbocycles. The minimum atomic E-state index is -4.06. The lowest BCUT2D eigenvalue weighted by atomic mass is 10.2. The van der Waals surface area contributed by atoms with Gasteiger partial charge in [0.2, 0.25) is 5.91 Å². The standard InChI is InChI=1S/C11H15NO5S/c1-11(7-13,10(12)14)18(15,16)9-5-3-8(17-2)4-6-9/h3-6,13H,7H2,1-2H3,(H2,12,14). The quantitative estimate of drug-likeness (QED) is 0.766. The van der Waals surface area contributed by atoms with Gasteiger partial charge in [0.15, 0.2) is 14.6 Å². The number of primary amides is 1. The van der Waals surface area contributed by atoms with E-state index in [0.29, 0.717) is 5.75 Å². The Morgan fingerprint density at radius 2 is 1.89 bits per heavy atom. The average Bonchev–Trinajstić information content (AvgIpc) is 2.37. The van der Waals surface area contributed by atoms with Crippen LogP contribution in [0, 0.1) is 0 Å². The summed E-state index contributed by atoms with van der Waals surface area (Å²) >= 11 is 0. The topological polar surface area (TPSA) is 107 Å². The molecular weight excluding hydrogens is 258 g/mol. The largest absolute Gasteiger partial charge is 0.497 e. The first-order valence-corrected chi connectivity index (χ1v) is 6.57. The number of sulfone groups is 1. The SMILES string of the molecule is COc1ccc(S(=O)(=O)C(C)(CO)C(N)=O)cc1. The van der Waals surface area contributed by atoms with Gasteiger partial charge in [-0.1, -0.05) is 0 Å². The lowest BCUT2D eigenvalue weighted by Crippen LogP contribution is -2.50. The van der Waals surface area contributed by atoms with E-state index in [1.54, 1.807) is 0 Å². The number of hydrogen-bond acceptors (Lipinski definition) is 5. The molecule has 0 aliphatic rings. The first kappa shape index (κ1) is 14.5. The van der Waals surface area contributed by atoms with Crippen LogP contribution >= 0.6 is 0 Å². The van der Waals surface area contributed by atoms with Gasteiger partial charge in [0, 0.05) is 0 Å². The fourth-order valence-corrected chi connectivity index (χ4v) is 2.76. The number of aliphatic hydroxyl groups is 1. The predicted octanol–water partition coefficient (Wildman–Crippen LogP) is -0.295. The fraction of sp³-hybridized carbons (Fsp3) is 0.364. The molecule has 1 aromatic carbocycles. The Labute approximate surface area is 105 Å². The van der Waals surface area contributed by atoms with Crippen LogP contribution in [0.1, 0.15) is 6.92 Å². The first-order valence-electron chi connectivity index (χ1n) is 5.09. The summed E-state index contributed by atoms with van der Waals surface area (Å²) in [6.45, 7) is 0.214. The van der Waals surface area contributed by atoms with Crippen molar-refractivity contribution < 1.29 is 23.1 Å². The summed E-state index contributed by atoms with van der Waals surface area (Å²) < 4.78 is 27.3. The van der Waals surface area contributed by atoms with Crippen molar-refractivity contribution in [1.29, 1.82) is 0 Å². The molecule has 0 spiro atoms. The highest BCUT2D eigenvalue weighted by Gasteiger charge is 2.45. The second-order valence-electron chi connectivity index (χ2n) is 3.93. The smallest absolute Gasteiger partial charge is 0.241 e. The molecule has 18 heavy (non-hydrogen) atoms. The maximum atomic E-state index is 12.2. The number of amides is 1. The molecule has 1 unspecified atom stereocenters. The van der Waals surface area contributed by atoms with Crippen molar-refractivity contribution in [3.8, 4) is 5.75 Å². The average molecular weight is 273 g/mol. The number of nitrogens with two attached hydrogens (primary N) is 1. The van der Waals surface area contributed by atoms with Gasteiger partial charge in [0.25, 0.3) is 0 Å². The molecule has 1 rings (SSSR count). The Morgan fingerprint density at radius 3 is 2.22 bits per heavy atom. The van der Waals surface area contributed by atoms with Crippen LogP contribution in [0.15, 0.2) is 29.2 Å². The summed E-state index contributed by atoms with van der Waals surface area (Å²) in [4.78, 5) is 11.2. The van der Waals surface area contributed by atoms with Crippen molar-refractivity contribution in [1.82, 2.24) is 0 Å². The minimum absolute atomic E-state index is 0.0985. The van der Waals surface area contributed by atoms with Gasteiger partial charge in [-0.2, -0.15) is 0 Å². The molecule has 0 aromatic heterocycles. The predicted molar refractivity (Wildman–Crippen MR) is 64.9 cm³/mol. The first-order chi connectivity index (χ1) is 8.29. The van der Waals surface area contributed by atoms with Crippen LogP contribution in [0.3, 0.4) is 0 Å². The number of ether oxygens (including phenoxy) is 1. The normalized spacial score (nSPS) is 14.8. The van der Waals surface area contributed by atoms with Crippen molar-refractivity contribution >= 4 is 15.7 Å². The van der Waals surface area contributed by atoms with Crippen LogP contribution in [0.25, 0.3) is 0 Å². The van der Waals surface area contributed by atoms with E-state index in [4.69, 9.17) is 15.6 Å². The monoisotopic (exact) mass is 273 g/mol. The second kappa shape index (κ2) is 4.95. The van der Waals surface area contributed by atoms with Gasteiger partial charge >= 0.3 is 0 Å². The molecule has 0 aliphatic heterocycles. The zero-order chi connectivity index (χ0) is 14.0. The molecule has 100 valence electrons. The van der Waals surface area contributed by atoms with Crippen LogP contribution in [0.4, 0.5) is 0 Å². The lowest BCUT2D eigenvalue weighted by Gasteiger charge is -2.23. The van der Waals surface area contributed by atoms with E-state index in [9.17, 15) is 13.2 Å². The number of hydrogen-bond donors (Lipinski definition) is 2. The number of carbonyl (C=O) groups excluding carboxylic acids is 1. The number of aliphatic hydroxyl groups excluding tert-OH is 1. The molecule has 0 fully saturated rings. The van der Waals surface area contributed by atoms with Gasteiger partial charge in [-0.3, -0.25) is 4.79 Å². The summed E-state index contributed by atoms with van der Waals surface area (Å²) in [6, 6.07) is 5.49. The summed E-state index contributed by atoms with van der Waals surface area (Å²) in [6.07, 6.45) is 0. The van der Waals surface area contributed by atoms with Crippen LogP contribution in [-0.2, 0) is 14.6 Å². The van der Waals surface area contributed by atoms with E-state index in [0.717, 1.165) is 6.92 Å². The van der Waals surface area contributed by atoms with Crippen LogP contribution in [-0.4, -0.2) is 37.9 Å². The van der Waals surface area contributed by atoms with E-state index in [1.807, 2.05) is 0 Å². The molecule has 0 bridgehead atoms. The van der Waals surface area contributed by atoms with E-state index >= 15 is 0 Å². The minimum Gasteiger partial charge on any atom is -0.497 e. The van der Waals surface area contributed by atoms with Gasteiger partial charge in [-0.15, -0.1) is 0 Å². The molecule has 7 heteroatoms. The Hall–Kier alpha value is -1.60. The molecule has 6 nitrogen and oxygen atoms in total. The molecule has 0 saturated carbocycles. The van der Waals surface area contributed by atoms with Gasteiger partial charge in [0.1, 0.15) is 5.75 Å². The Morgan fingerprint density at radius 1 is 1.39 bits per heavy atom. The molecule has 0 heterocycles. The fourth-order valence-electron chi connectivity index (χ4n) is 1.31. The zero-order valence-corrected chi connectivity index (χ0v) is 10.9. The van der Waals surface area contributed by atoms with Gasteiger partial charge in [-0.05, 0) is 31.2 Å². The number of benzene rings is 1. The van der Waals surface area contributed by atoms with Crippen molar-refractivity contribution in [2.24, 2.45) is 5.73 Å². The van der Waals surface area contributed by atoms with Crippen molar-refractivity contribution in [2.45, 2.75) is 16.6 Å². The lowest BCUT2D eigenvalue weighted by molar-refractivity contribution is -0.121. The van der Waals surface area contributed by atoms with Crippen LogP contribution in [0.2, 0.25) is 0 Å². The third-order valence-corrected chi connectivity index (χ3v) is 5.20. The number of carbonyl (C=O) groups is 1. The molecular formula is C11H15NO5S. The highest BCUT2D eigenvalue weighted by atomic mass is 32.2. The maximum Gasteiger partial charge on any atom is 0.241 e. The number of rotatable bonds is 5. The summed E-state index contributed by atoms with van der Waals surface area (Å²) in [5, 5.41) is 9.15. The zero-order valence-electron chi connectivity index (χ0n) is 10.1. The van der Waals surface area contributed by atoms with E-state index in [1.165, 1.54) is 31.4 Å². The Balaban J connectivity index is 3.32. The van der Waals surface area contributed by atoms with E-state index in [-0.39, 0.29) is 4.90 Å². The molecule has 1 amide bonds. The van der Waals surface area contributed by atoms with Crippen LogP contribution in [0.5, 0.6) is 5.75 Å². The van der Waals surface area contributed by atoms with Gasteiger partial charge in [0.05, 0.1) is 18.6 Å². The van der Waals surface area contributed by atoms with Crippen molar-refractivity contribution in [3.63, 3.8) is 0 Å². The molecule has 0 saturated heterocycles. The second-order valence-corrected chi connectivity index (χ2v) is 6.31. The van der Waals surface area contributed by atoms with Crippen molar-refractivity contribution in [3.05, 3.63) is 24.3 Å². The van der Waals surface area contributed by atoms with Crippen molar-refractivity contribution in [2.75, 3.05) is 13.7 Å². The van der Waals surface area contributed by atoms with Gasteiger partial charge < -0.3 is 15.6 Å². The third-order valence-electron chi connectivity index (χ3n) is 2.79. The van der Waals surface area contributed by atoms with Crippen LogP contribution < -0.4 is 10.5 Å². The summed E-state index contributed by atoms with van der Waals surface area (Å²) in [7, 11) is -2.61. The number of methoxy groups -OCH3 is 1. The molecule has 3 N–H and O–H groups in total. The molecule has 0 radical (unpaired) electrons. The van der Waals surface area contributed by atoms with E-state index in [2.05, 4.69) is 0 Å². The molecule has 1 aromatic rings. The summed E-state index contributed by atoms with van der Waals surface area (Å²) in [5.41, 5.74) is 5.06. The summed E-state index contributed by atoms with van der Waals surface area (Å²) in [5.74, 6) is -0.612. The highest BCUT2D eigenvalue weighted by molar-refractivity contribution is 7.93. The molecule has 1 atom stereocenters. The maximum absolute atomic E-state index is 12.2. The Kier molecular flexibility index (Phi) is 3.98.